The number of hydrogen-bond acceptors (Lipinski definition) is 2. The van der Waals surface area contributed by atoms with Gasteiger partial charge in [-0.15, -0.1) is 0 Å². The summed E-state index contributed by atoms with van der Waals surface area (Å²) in [5.74, 6) is -0.290. The quantitative estimate of drug-likeness (QED) is 0.440. The molecule has 0 aliphatic carbocycles. The topological polar surface area (TPSA) is 50.4 Å². The molecule has 0 spiro atoms. The Morgan fingerprint density at radius 1 is 1.57 bits per heavy atom. The Labute approximate surface area is 86.8 Å². The lowest BCUT2D eigenvalue weighted by atomic mass is 10.1. The first kappa shape index (κ1) is 10.6. The monoisotopic (exact) mass is 211 g/mol. The maximum Gasteiger partial charge on any atom is 0.184 e. The minimum absolute atomic E-state index is 0.0781. The Morgan fingerprint density at radius 3 is 2.86 bits per heavy atom. The number of nitrogens with one attached hydrogen (secondary N) is 1. The molecule has 3 nitrogen and oxygen atoms in total. The molecule has 0 aliphatic heterocycles. The van der Waals surface area contributed by atoms with Gasteiger partial charge in [0.05, 0.1) is 6.21 Å². The molecule has 0 saturated carbocycles. The number of hydrogen-bond donors (Lipinski definition) is 2. The second-order valence-electron chi connectivity index (χ2n) is 2.80. The Hall–Kier alpha value is -1.49. The molecule has 0 heterocycles. The van der Waals surface area contributed by atoms with Crippen molar-refractivity contribution in [2.45, 2.75) is 6.92 Å². The maximum absolute atomic E-state index is 12.9. The number of hydrazone groups is 1. The van der Waals surface area contributed by atoms with Gasteiger partial charge in [-0.05, 0) is 42.4 Å². The average molecular weight is 211 g/mol. The summed E-state index contributed by atoms with van der Waals surface area (Å²) in [5.41, 5.74) is 9.03. The fourth-order valence-electron chi connectivity index (χ4n) is 1.01. The van der Waals surface area contributed by atoms with Crippen LogP contribution in [0, 0.1) is 12.7 Å². The number of halogens is 1. The van der Waals surface area contributed by atoms with Crippen molar-refractivity contribution in [3.8, 4) is 0 Å². The highest BCUT2D eigenvalue weighted by atomic mass is 32.1. The summed E-state index contributed by atoms with van der Waals surface area (Å²) < 4.78 is 12.9. The third-order valence-electron chi connectivity index (χ3n) is 1.45. The van der Waals surface area contributed by atoms with E-state index in [9.17, 15) is 4.39 Å². The molecule has 0 aliphatic rings. The highest BCUT2D eigenvalue weighted by Crippen LogP contribution is 2.05. The van der Waals surface area contributed by atoms with E-state index in [1.165, 1.54) is 18.3 Å². The van der Waals surface area contributed by atoms with Gasteiger partial charge in [0.25, 0.3) is 0 Å². The number of thiocarbonyl (C=S) groups is 1. The summed E-state index contributed by atoms with van der Waals surface area (Å²) >= 11 is 4.54. The second kappa shape index (κ2) is 4.66. The van der Waals surface area contributed by atoms with Crippen LogP contribution in [0.15, 0.2) is 23.3 Å². The molecule has 0 radical (unpaired) electrons. The summed E-state index contributed by atoms with van der Waals surface area (Å²) in [7, 11) is 0. The average Bonchev–Trinajstić information content (AvgIpc) is 2.01. The number of benzene rings is 1. The van der Waals surface area contributed by atoms with Crippen molar-refractivity contribution < 1.29 is 4.39 Å². The zero-order valence-electron chi connectivity index (χ0n) is 7.62. The first-order valence-electron chi connectivity index (χ1n) is 3.93. The van der Waals surface area contributed by atoms with Crippen LogP contribution in [0.1, 0.15) is 11.1 Å². The third kappa shape index (κ3) is 3.49. The van der Waals surface area contributed by atoms with Crippen LogP contribution >= 0.6 is 12.2 Å². The van der Waals surface area contributed by atoms with Gasteiger partial charge < -0.3 is 5.73 Å². The van der Waals surface area contributed by atoms with Crippen molar-refractivity contribution in [2.75, 3.05) is 0 Å². The number of nitrogens with zero attached hydrogens (tertiary/aromatic N) is 1. The van der Waals surface area contributed by atoms with Crippen LogP contribution in [0.5, 0.6) is 0 Å². The molecule has 74 valence electrons. The standard InChI is InChI=1S/C9H10FN3S/c1-6-2-7(4-8(10)3-6)5-12-13-9(11)14/h2-5H,1H3,(H3,11,13,14). The summed E-state index contributed by atoms with van der Waals surface area (Å²) in [4.78, 5) is 0. The number of rotatable bonds is 2. The van der Waals surface area contributed by atoms with Gasteiger partial charge in [0.1, 0.15) is 5.82 Å². The van der Waals surface area contributed by atoms with E-state index in [0.717, 1.165) is 5.56 Å². The molecular weight excluding hydrogens is 201 g/mol. The smallest absolute Gasteiger partial charge is 0.184 e. The van der Waals surface area contributed by atoms with E-state index in [2.05, 4.69) is 22.7 Å². The van der Waals surface area contributed by atoms with Gasteiger partial charge in [-0.2, -0.15) is 5.10 Å². The lowest BCUT2D eigenvalue weighted by Crippen LogP contribution is -2.23. The highest BCUT2D eigenvalue weighted by molar-refractivity contribution is 7.80. The van der Waals surface area contributed by atoms with Gasteiger partial charge in [-0.25, -0.2) is 4.39 Å². The van der Waals surface area contributed by atoms with Crippen molar-refractivity contribution in [2.24, 2.45) is 10.8 Å². The second-order valence-corrected chi connectivity index (χ2v) is 3.24. The van der Waals surface area contributed by atoms with Crippen LogP contribution < -0.4 is 11.2 Å². The molecule has 0 aromatic heterocycles. The van der Waals surface area contributed by atoms with Gasteiger partial charge in [0.2, 0.25) is 0 Å². The van der Waals surface area contributed by atoms with E-state index in [1.807, 2.05) is 0 Å². The molecule has 1 aromatic carbocycles. The molecule has 0 atom stereocenters. The van der Waals surface area contributed by atoms with E-state index in [4.69, 9.17) is 5.73 Å². The zero-order chi connectivity index (χ0) is 10.6. The Kier molecular flexibility index (Phi) is 3.53. The van der Waals surface area contributed by atoms with E-state index in [0.29, 0.717) is 5.56 Å². The van der Waals surface area contributed by atoms with Crippen molar-refractivity contribution in [1.82, 2.24) is 5.43 Å². The van der Waals surface area contributed by atoms with Crippen LogP contribution in [0.25, 0.3) is 0 Å². The fraction of sp³-hybridized carbons (Fsp3) is 0.111. The fourth-order valence-corrected chi connectivity index (χ4v) is 1.06. The Balaban J connectivity index is 2.76. The molecule has 1 aromatic rings. The van der Waals surface area contributed by atoms with Crippen molar-refractivity contribution in [3.63, 3.8) is 0 Å². The summed E-state index contributed by atoms with van der Waals surface area (Å²) in [6, 6.07) is 4.61. The van der Waals surface area contributed by atoms with Crippen molar-refractivity contribution in [3.05, 3.63) is 35.1 Å². The van der Waals surface area contributed by atoms with Crippen molar-refractivity contribution in [1.29, 1.82) is 0 Å². The van der Waals surface area contributed by atoms with Gasteiger partial charge >= 0.3 is 0 Å². The zero-order valence-corrected chi connectivity index (χ0v) is 8.44. The molecule has 5 heteroatoms. The van der Waals surface area contributed by atoms with E-state index >= 15 is 0 Å². The summed E-state index contributed by atoms with van der Waals surface area (Å²) in [6.07, 6.45) is 1.45. The Morgan fingerprint density at radius 2 is 2.29 bits per heavy atom. The molecule has 0 saturated heterocycles. The maximum atomic E-state index is 12.9. The predicted octanol–water partition coefficient (Wildman–Crippen LogP) is 1.30. The van der Waals surface area contributed by atoms with Gasteiger partial charge in [-0.3, -0.25) is 5.43 Å². The molecule has 0 unspecified atom stereocenters. The third-order valence-corrected chi connectivity index (χ3v) is 1.54. The first-order chi connectivity index (χ1) is 6.58. The lowest BCUT2D eigenvalue weighted by molar-refractivity contribution is 0.626. The van der Waals surface area contributed by atoms with Crippen LogP contribution in [0.2, 0.25) is 0 Å². The van der Waals surface area contributed by atoms with Gasteiger partial charge in [0, 0.05) is 0 Å². The largest absolute Gasteiger partial charge is 0.375 e. The lowest BCUT2D eigenvalue weighted by Gasteiger charge is -1.97. The van der Waals surface area contributed by atoms with Crippen LogP contribution in [0.4, 0.5) is 4.39 Å². The molecule has 0 amide bonds. The minimum Gasteiger partial charge on any atom is -0.375 e. The van der Waals surface area contributed by atoms with E-state index in [-0.39, 0.29) is 10.9 Å². The van der Waals surface area contributed by atoms with Crippen LogP contribution in [0.3, 0.4) is 0 Å². The normalized spacial score (nSPS) is 10.4. The minimum atomic E-state index is -0.290. The van der Waals surface area contributed by atoms with Crippen molar-refractivity contribution >= 4 is 23.5 Å². The van der Waals surface area contributed by atoms with E-state index in [1.54, 1.807) is 13.0 Å². The first-order valence-corrected chi connectivity index (χ1v) is 4.34. The molecule has 3 N–H and O–H groups in total. The number of nitrogens with two attached hydrogens (primary N) is 1. The molecule has 0 bridgehead atoms. The SMILES string of the molecule is Cc1cc(F)cc(C=NNC(N)=S)c1. The molecule has 1 rings (SSSR count). The number of aryl methyl sites for hydroxylation is 1. The van der Waals surface area contributed by atoms with Crippen LogP contribution in [-0.2, 0) is 0 Å². The van der Waals surface area contributed by atoms with Gasteiger partial charge in [0.15, 0.2) is 5.11 Å². The summed E-state index contributed by atoms with van der Waals surface area (Å²) in [6.45, 7) is 1.81. The molecule has 14 heavy (non-hydrogen) atoms. The highest BCUT2D eigenvalue weighted by Gasteiger charge is 1.94. The molecular formula is C9H10FN3S. The van der Waals surface area contributed by atoms with E-state index < -0.39 is 0 Å². The molecule has 0 fully saturated rings. The summed E-state index contributed by atoms with van der Waals surface area (Å²) in [5, 5.41) is 3.79. The predicted molar refractivity (Wildman–Crippen MR) is 58.7 cm³/mol. The van der Waals surface area contributed by atoms with Gasteiger partial charge in [-0.1, -0.05) is 6.07 Å². The Bertz CT molecular complexity index is 356. The van der Waals surface area contributed by atoms with Crippen LogP contribution in [-0.4, -0.2) is 11.3 Å².